The van der Waals surface area contributed by atoms with E-state index in [2.05, 4.69) is 21.8 Å². The van der Waals surface area contributed by atoms with Crippen molar-refractivity contribution in [2.24, 2.45) is 7.05 Å². The van der Waals surface area contributed by atoms with Crippen LogP contribution in [0.15, 0.2) is 36.7 Å². The van der Waals surface area contributed by atoms with Crippen LogP contribution < -0.4 is 5.32 Å². The summed E-state index contributed by atoms with van der Waals surface area (Å²) in [6.45, 7) is 3.14. The summed E-state index contributed by atoms with van der Waals surface area (Å²) in [7, 11) is 2.02. The minimum absolute atomic E-state index is 0.161. The van der Waals surface area contributed by atoms with Crippen LogP contribution >= 0.6 is 0 Å². The molecule has 0 saturated heterocycles. The highest BCUT2D eigenvalue weighted by atomic mass is 19.1. The number of hydrogen-bond acceptors (Lipinski definition) is 2. The van der Waals surface area contributed by atoms with E-state index < -0.39 is 0 Å². The normalized spacial score (nSPS) is 12.5. The molecule has 1 unspecified atom stereocenters. The van der Waals surface area contributed by atoms with Crippen molar-refractivity contribution in [3.05, 3.63) is 53.9 Å². The summed E-state index contributed by atoms with van der Waals surface area (Å²) < 4.78 is 15.4. The van der Waals surface area contributed by atoms with Gasteiger partial charge in [0, 0.05) is 31.9 Å². The number of aryl methyl sites for hydroxylation is 2. The van der Waals surface area contributed by atoms with E-state index in [0.717, 1.165) is 43.6 Å². The molecule has 1 atom stereocenters. The van der Waals surface area contributed by atoms with Gasteiger partial charge >= 0.3 is 0 Å². The highest BCUT2D eigenvalue weighted by Crippen LogP contribution is 2.11. The molecule has 3 nitrogen and oxygen atoms in total. The monoisotopic (exact) mass is 289 g/mol. The summed E-state index contributed by atoms with van der Waals surface area (Å²) >= 11 is 0. The fourth-order valence-electron chi connectivity index (χ4n) is 2.51. The lowest BCUT2D eigenvalue weighted by atomic mass is 10.0. The topological polar surface area (TPSA) is 29.9 Å². The summed E-state index contributed by atoms with van der Waals surface area (Å²) in [5.41, 5.74) is 1.04. The van der Waals surface area contributed by atoms with E-state index in [1.165, 1.54) is 6.07 Å². The van der Waals surface area contributed by atoms with Crippen molar-refractivity contribution in [2.45, 2.75) is 38.6 Å². The first-order valence-electron chi connectivity index (χ1n) is 7.63. The lowest BCUT2D eigenvalue weighted by Gasteiger charge is -2.18. The van der Waals surface area contributed by atoms with Crippen LogP contribution in [0.1, 0.15) is 31.2 Å². The number of imidazole rings is 1. The van der Waals surface area contributed by atoms with Crippen LogP contribution in [0.4, 0.5) is 4.39 Å². The van der Waals surface area contributed by atoms with Crippen LogP contribution in [0.2, 0.25) is 0 Å². The van der Waals surface area contributed by atoms with Crippen LogP contribution in [0.5, 0.6) is 0 Å². The molecule has 0 bridgehead atoms. The largest absolute Gasteiger partial charge is 0.338 e. The second kappa shape index (κ2) is 7.93. The van der Waals surface area contributed by atoms with E-state index in [4.69, 9.17) is 0 Å². The van der Waals surface area contributed by atoms with E-state index in [1.807, 2.05) is 25.5 Å². The van der Waals surface area contributed by atoms with Gasteiger partial charge in [-0.1, -0.05) is 19.1 Å². The Balaban J connectivity index is 1.95. The van der Waals surface area contributed by atoms with Gasteiger partial charge < -0.3 is 9.88 Å². The molecule has 1 N–H and O–H groups in total. The van der Waals surface area contributed by atoms with Crippen LogP contribution in [-0.4, -0.2) is 22.1 Å². The van der Waals surface area contributed by atoms with Crippen LogP contribution in [-0.2, 0) is 19.9 Å². The molecule has 21 heavy (non-hydrogen) atoms. The average molecular weight is 289 g/mol. The fourth-order valence-corrected chi connectivity index (χ4v) is 2.51. The number of halogens is 1. The molecule has 0 fully saturated rings. The molecule has 1 heterocycles. The first-order valence-corrected chi connectivity index (χ1v) is 7.63. The maximum absolute atomic E-state index is 13.3. The molecular weight excluding hydrogens is 265 g/mol. The number of benzene rings is 1. The van der Waals surface area contributed by atoms with Crippen molar-refractivity contribution in [1.29, 1.82) is 0 Å². The predicted octanol–water partition coefficient (Wildman–Crippen LogP) is 3.10. The Kier molecular flexibility index (Phi) is 5.93. The SMILES string of the molecule is CCCNC(CCc1nccn1C)Cc1cccc(F)c1. The summed E-state index contributed by atoms with van der Waals surface area (Å²) in [5, 5.41) is 3.56. The molecule has 4 heteroatoms. The molecule has 0 aliphatic heterocycles. The van der Waals surface area contributed by atoms with Crippen LogP contribution in [0, 0.1) is 5.82 Å². The van der Waals surface area contributed by atoms with E-state index in [-0.39, 0.29) is 5.82 Å². The molecule has 1 aromatic carbocycles. The average Bonchev–Trinajstić information content (AvgIpc) is 2.87. The molecule has 0 aliphatic carbocycles. The Bertz CT molecular complexity index is 550. The molecule has 0 aliphatic rings. The van der Waals surface area contributed by atoms with Gasteiger partial charge in [-0.25, -0.2) is 9.37 Å². The minimum atomic E-state index is -0.161. The predicted molar refractivity (Wildman–Crippen MR) is 83.7 cm³/mol. The molecular formula is C17H24FN3. The summed E-state index contributed by atoms with van der Waals surface area (Å²) in [4.78, 5) is 4.36. The fraction of sp³-hybridized carbons (Fsp3) is 0.471. The van der Waals surface area contributed by atoms with Gasteiger partial charge in [-0.15, -0.1) is 0 Å². The van der Waals surface area contributed by atoms with Crippen LogP contribution in [0.25, 0.3) is 0 Å². The molecule has 114 valence electrons. The summed E-state index contributed by atoms with van der Waals surface area (Å²) in [6.07, 6.45) is 7.68. The molecule has 0 amide bonds. The standard InChI is InChI=1S/C17H24FN3/c1-3-9-19-16(7-8-17-20-10-11-21(17)2)13-14-5-4-6-15(18)12-14/h4-6,10-12,16,19H,3,7-9,13H2,1-2H3. The number of aromatic nitrogens is 2. The quantitative estimate of drug-likeness (QED) is 0.809. The maximum Gasteiger partial charge on any atom is 0.123 e. The molecule has 1 aromatic heterocycles. The Morgan fingerprint density at radius 2 is 2.24 bits per heavy atom. The van der Waals surface area contributed by atoms with Gasteiger partial charge in [-0.05, 0) is 43.5 Å². The second-order valence-corrected chi connectivity index (χ2v) is 5.48. The highest BCUT2D eigenvalue weighted by molar-refractivity contribution is 5.17. The van der Waals surface area contributed by atoms with Crippen LogP contribution in [0.3, 0.4) is 0 Å². The molecule has 2 aromatic rings. The van der Waals surface area contributed by atoms with Gasteiger partial charge in [-0.2, -0.15) is 0 Å². The second-order valence-electron chi connectivity index (χ2n) is 5.48. The molecule has 0 spiro atoms. The zero-order valence-electron chi connectivity index (χ0n) is 12.8. The lowest BCUT2D eigenvalue weighted by Crippen LogP contribution is -2.32. The van der Waals surface area contributed by atoms with E-state index in [9.17, 15) is 4.39 Å². The first kappa shape index (κ1) is 15.7. The first-order chi connectivity index (χ1) is 10.2. The van der Waals surface area contributed by atoms with Gasteiger partial charge in [0.15, 0.2) is 0 Å². The smallest absolute Gasteiger partial charge is 0.123 e. The van der Waals surface area contributed by atoms with Crippen molar-refractivity contribution in [3.8, 4) is 0 Å². The van der Waals surface area contributed by atoms with Crippen molar-refractivity contribution in [2.75, 3.05) is 6.54 Å². The van der Waals surface area contributed by atoms with Gasteiger partial charge in [0.1, 0.15) is 11.6 Å². The number of rotatable bonds is 8. The maximum atomic E-state index is 13.3. The third kappa shape index (κ3) is 4.97. The van der Waals surface area contributed by atoms with Gasteiger partial charge in [0.05, 0.1) is 0 Å². The third-order valence-electron chi connectivity index (χ3n) is 3.69. The van der Waals surface area contributed by atoms with E-state index in [1.54, 1.807) is 12.1 Å². The summed E-state index contributed by atoms with van der Waals surface area (Å²) in [5.74, 6) is 0.934. The molecule has 2 rings (SSSR count). The van der Waals surface area contributed by atoms with Crippen molar-refractivity contribution < 1.29 is 4.39 Å². The molecule has 0 radical (unpaired) electrons. The highest BCUT2D eigenvalue weighted by Gasteiger charge is 2.11. The Hall–Kier alpha value is -1.68. The number of nitrogens with one attached hydrogen (secondary N) is 1. The molecule has 0 saturated carbocycles. The van der Waals surface area contributed by atoms with E-state index in [0.29, 0.717) is 6.04 Å². The summed E-state index contributed by atoms with van der Waals surface area (Å²) in [6, 6.07) is 7.24. The zero-order valence-corrected chi connectivity index (χ0v) is 12.8. The van der Waals surface area contributed by atoms with Gasteiger partial charge in [-0.3, -0.25) is 0 Å². The van der Waals surface area contributed by atoms with Gasteiger partial charge in [0.2, 0.25) is 0 Å². The Morgan fingerprint density at radius 1 is 1.38 bits per heavy atom. The number of nitrogens with zero attached hydrogens (tertiary/aromatic N) is 2. The Labute approximate surface area is 126 Å². The zero-order chi connectivity index (χ0) is 15.1. The van der Waals surface area contributed by atoms with Gasteiger partial charge in [0.25, 0.3) is 0 Å². The van der Waals surface area contributed by atoms with Crippen molar-refractivity contribution >= 4 is 0 Å². The van der Waals surface area contributed by atoms with Crippen molar-refractivity contribution in [3.63, 3.8) is 0 Å². The number of hydrogen-bond donors (Lipinski definition) is 1. The lowest BCUT2D eigenvalue weighted by molar-refractivity contribution is 0.470. The Morgan fingerprint density at radius 3 is 2.90 bits per heavy atom. The van der Waals surface area contributed by atoms with Crippen molar-refractivity contribution in [1.82, 2.24) is 14.9 Å². The minimum Gasteiger partial charge on any atom is -0.338 e. The third-order valence-corrected chi connectivity index (χ3v) is 3.69. The van der Waals surface area contributed by atoms with E-state index >= 15 is 0 Å².